The average molecular weight is 235 g/mol. The first-order valence-corrected chi connectivity index (χ1v) is 5.93. The van der Waals surface area contributed by atoms with Crippen molar-refractivity contribution in [1.29, 1.82) is 0 Å². The molecule has 0 aliphatic heterocycles. The topological polar surface area (TPSA) is 58.4 Å². The number of para-hydroxylation sites is 1. The number of anilines is 1. The number of carbonyl (C=O) groups excluding carboxylic acids is 1. The molecule has 4 heteroatoms. The van der Waals surface area contributed by atoms with E-state index < -0.39 is 0 Å². The SMILES string of the molecule is CCN(C)CCC(=O)Nc1ccccc1CN. The summed E-state index contributed by atoms with van der Waals surface area (Å²) in [4.78, 5) is 13.8. The second-order valence-electron chi connectivity index (χ2n) is 4.06. The summed E-state index contributed by atoms with van der Waals surface area (Å²) >= 11 is 0. The molecule has 0 atom stereocenters. The van der Waals surface area contributed by atoms with Crippen LogP contribution < -0.4 is 11.1 Å². The predicted octanol–water partition coefficient (Wildman–Crippen LogP) is 1.43. The molecule has 1 amide bonds. The summed E-state index contributed by atoms with van der Waals surface area (Å²) in [6.45, 7) is 4.23. The molecule has 1 rings (SSSR count). The van der Waals surface area contributed by atoms with Crippen molar-refractivity contribution in [3.63, 3.8) is 0 Å². The Morgan fingerprint density at radius 2 is 2.12 bits per heavy atom. The maximum atomic E-state index is 11.7. The average Bonchev–Trinajstić information content (AvgIpc) is 2.36. The molecule has 0 aliphatic carbocycles. The van der Waals surface area contributed by atoms with Crippen molar-refractivity contribution in [2.24, 2.45) is 5.73 Å². The van der Waals surface area contributed by atoms with Gasteiger partial charge in [0.2, 0.25) is 5.91 Å². The minimum Gasteiger partial charge on any atom is -0.326 e. The van der Waals surface area contributed by atoms with Gasteiger partial charge in [-0.15, -0.1) is 0 Å². The van der Waals surface area contributed by atoms with E-state index in [-0.39, 0.29) is 5.91 Å². The summed E-state index contributed by atoms with van der Waals surface area (Å²) in [6, 6.07) is 7.62. The molecule has 0 heterocycles. The second-order valence-corrected chi connectivity index (χ2v) is 4.06. The Bertz CT molecular complexity index is 365. The van der Waals surface area contributed by atoms with Gasteiger partial charge in [0.25, 0.3) is 0 Å². The van der Waals surface area contributed by atoms with Crippen LogP contribution in [0.2, 0.25) is 0 Å². The standard InChI is InChI=1S/C13H21N3O/c1-3-16(2)9-8-13(17)15-12-7-5-4-6-11(12)10-14/h4-7H,3,8-10,14H2,1-2H3,(H,15,17). The van der Waals surface area contributed by atoms with Crippen LogP contribution in [-0.2, 0) is 11.3 Å². The van der Waals surface area contributed by atoms with Crippen LogP contribution in [0, 0.1) is 0 Å². The van der Waals surface area contributed by atoms with Crippen LogP contribution >= 0.6 is 0 Å². The van der Waals surface area contributed by atoms with Crippen molar-refractivity contribution in [2.45, 2.75) is 19.9 Å². The van der Waals surface area contributed by atoms with Crippen molar-refractivity contribution in [2.75, 3.05) is 25.5 Å². The second kappa shape index (κ2) is 7.04. The van der Waals surface area contributed by atoms with E-state index in [1.807, 2.05) is 31.3 Å². The molecule has 0 spiro atoms. The lowest BCUT2D eigenvalue weighted by Crippen LogP contribution is -2.24. The van der Waals surface area contributed by atoms with Crippen LogP contribution in [0.15, 0.2) is 24.3 Å². The highest BCUT2D eigenvalue weighted by Gasteiger charge is 2.06. The molecule has 0 bridgehead atoms. The number of nitrogens with zero attached hydrogens (tertiary/aromatic N) is 1. The van der Waals surface area contributed by atoms with Gasteiger partial charge in [-0.05, 0) is 25.2 Å². The Balaban J connectivity index is 2.50. The van der Waals surface area contributed by atoms with E-state index in [1.54, 1.807) is 0 Å². The molecule has 0 fully saturated rings. The summed E-state index contributed by atoms with van der Waals surface area (Å²) in [7, 11) is 2.00. The van der Waals surface area contributed by atoms with Crippen molar-refractivity contribution < 1.29 is 4.79 Å². The van der Waals surface area contributed by atoms with Gasteiger partial charge in [0, 0.05) is 25.2 Å². The Morgan fingerprint density at radius 1 is 1.41 bits per heavy atom. The van der Waals surface area contributed by atoms with Crippen molar-refractivity contribution >= 4 is 11.6 Å². The highest BCUT2D eigenvalue weighted by molar-refractivity contribution is 5.91. The number of benzene rings is 1. The third-order valence-electron chi connectivity index (χ3n) is 2.77. The van der Waals surface area contributed by atoms with E-state index in [1.165, 1.54) is 0 Å². The van der Waals surface area contributed by atoms with E-state index >= 15 is 0 Å². The first kappa shape index (κ1) is 13.7. The first-order chi connectivity index (χ1) is 8.17. The van der Waals surface area contributed by atoms with Gasteiger partial charge >= 0.3 is 0 Å². The highest BCUT2D eigenvalue weighted by Crippen LogP contribution is 2.14. The van der Waals surface area contributed by atoms with E-state index in [4.69, 9.17) is 5.73 Å². The van der Waals surface area contributed by atoms with Crippen LogP contribution in [0.1, 0.15) is 18.9 Å². The van der Waals surface area contributed by atoms with E-state index in [9.17, 15) is 4.79 Å². The molecule has 0 saturated carbocycles. The first-order valence-electron chi connectivity index (χ1n) is 5.93. The lowest BCUT2D eigenvalue weighted by molar-refractivity contribution is -0.116. The molecular weight excluding hydrogens is 214 g/mol. The van der Waals surface area contributed by atoms with Crippen molar-refractivity contribution in [3.05, 3.63) is 29.8 Å². The fraction of sp³-hybridized carbons (Fsp3) is 0.462. The number of carbonyl (C=O) groups is 1. The van der Waals surface area contributed by atoms with Gasteiger partial charge in [-0.2, -0.15) is 0 Å². The Labute approximate surface area is 103 Å². The number of nitrogens with two attached hydrogens (primary N) is 1. The summed E-state index contributed by atoms with van der Waals surface area (Å²) in [6.07, 6.45) is 0.503. The minimum absolute atomic E-state index is 0.0335. The quantitative estimate of drug-likeness (QED) is 0.784. The number of hydrogen-bond donors (Lipinski definition) is 2. The zero-order chi connectivity index (χ0) is 12.7. The Hall–Kier alpha value is -1.39. The molecule has 1 aromatic carbocycles. The highest BCUT2D eigenvalue weighted by atomic mass is 16.1. The fourth-order valence-electron chi connectivity index (χ4n) is 1.48. The van der Waals surface area contributed by atoms with Gasteiger partial charge in [-0.3, -0.25) is 4.79 Å². The predicted molar refractivity (Wildman–Crippen MR) is 70.8 cm³/mol. The lowest BCUT2D eigenvalue weighted by Gasteiger charge is -2.14. The summed E-state index contributed by atoms with van der Waals surface area (Å²) in [5, 5.41) is 2.90. The fourth-order valence-corrected chi connectivity index (χ4v) is 1.48. The maximum absolute atomic E-state index is 11.7. The molecule has 0 aliphatic rings. The molecule has 0 aromatic heterocycles. The molecule has 4 nitrogen and oxygen atoms in total. The van der Waals surface area contributed by atoms with Gasteiger partial charge < -0.3 is 16.0 Å². The summed E-state index contributed by atoms with van der Waals surface area (Å²) in [5.74, 6) is 0.0335. The molecule has 0 saturated heterocycles. The largest absolute Gasteiger partial charge is 0.326 e. The number of amides is 1. The summed E-state index contributed by atoms with van der Waals surface area (Å²) in [5.41, 5.74) is 7.39. The Morgan fingerprint density at radius 3 is 2.76 bits per heavy atom. The number of rotatable bonds is 6. The van der Waals surface area contributed by atoms with Crippen LogP contribution in [-0.4, -0.2) is 30.9 Å². The zero-order valence-corrected chi connectivity index (χ0v) is 10.6. The van der Waals surface area contributed by atoms with Gasteiger partial charge in [0.1, 0.15) is 0 Å². The van der Waals surface area contributed by atoms with Crippen molar-refractivity contribution in [1.82, 2.24) is 4.90 Å². The molecule has 94 valence electrons. The van der Waals surface area contributed by atoms with Gasteiger partial charge in [-0.1, -0.05) is 25.1 Å². The molecule has 1 aromatic rings. The van der Waals surface area contributed by atoms with Gasteiger partial charge in [0.15, 0.2) is 0 Å². The normalized spacial score (nSPS) is 10.6. The van der Waals surface area contributed by atoms with Crippen LogP contribution in [0.25, 0.3) is 0 Å². The monoisotopic (exact) mass is 235 g/mol. The molecule has 3 N–H and O–H groups in total. The van der Waals surface area contributed by atoms with E-state index in [0.29, 0.717) is 13.0 Å². The molecule has 0 unspecified atom stereocenters. The molecular formula is C13H21N3O. The minimum atomic E-state index is 0.0335. The van der Waals surface area contributed by atoms with Crippen LogP contribution in [0.4, 0.5) is 5.69 Å². The third-order valence-corrected chi connectivity index (χ3v) is 2.77. The smallest absolute Gasteiger partial charge is 0.225 e. The lowest BCUT2D eigenvalue weighted by atomic mass is 10.2. The van der Waals surface area contributed by atoms with Gasteiger partial charge in [-0.25, -0.2) is 0 Å². The Kier molecular flexibility index (Phi) is 5.66. The van der Waals surface area contributed by atoms with Crippen molar-refractivity contribution in [3.8, 4) is 0 Å². The molecule has 0 radical (unpaired) electrons. The molecule has 17 heavy (non-hydrogen) atoms. The third kappa shape index (κ3) is 4.54. The van der Waals surface area contributed by atoms with Crippen LogP contribution in [0.3, 0.4) is 0 Å². The number of nitrogens with one attached hydrogen (secondary N) is 1. The van der Waals surface area contributed by atoms with Gasteiger partial charge in [0.05, 0.1) is 0 Å². The van der Waals surface area contributed by atoms with E-state index in [0.717, 1.165) is 24.3 Å². The number of hydrogen-bond acceptors (Lipinski definition) is 3. The summed E-state index contributed by atoms with van der Waals surface area (Å²) < 4.78 is 0. The zero-order valence-electron chi connectivity index (χ0n) is 10.6. The van der Waals surface area contributed by atoms with E-state index in [2.05, 4.69) is 17.1 Å². The van der Waals surface area contributed by atoms with Crippen LogP contribution in [0.5, 0.6) is 0 Å². The maximum Gasteiger partial charge on any atom is 0.225 e.